The van der Waals surface area contributed by atoms with Crippen LogP contribution in [0.3, 0.4) is 0 Å². The van der Waals surface area contributed by atoms with Crippen molar-refractivity contribution in [2.75, 3.05) is 17.7 Å². The summed E-state index contributed by atoms with van der Waals surface area (Å²) in [5.41, 5.74) is 6.95. The standard InChI is InChI=1S/C23H25N3O4/c1-6-19(27)26(18-12-10-15(11-13-18)22(29)30-5)20(21(28)25-23(2,3)4)16-8-7-9-17(24)14-16/h1,7-14,20H,24H2,2-5H3,(H,25,28). The molecule has 0 aliphatic heterocycles. The van der Waals surface area contributed by atoms with Crippen LogP contribution in [0, 0.1) is 12.3 Å². The van der Waals surface area contributed by atoms with Crippen LogP contribution in [-0.2, 0) is 14.3 Å². The molecule has 1 unspecified atom stereocenters. The molecule has 0 saturated heterocycles. The molecule has 0 fully saturated rings. The summed E-state index contributed by atoms with van der Waals surface area (Å²) >= 11 is 0. The number of nitrogen functional groups attached to an aromatic ring is 1. The lowest BCUT2D eigenvalue weighted by atomic mass is 10.00. The fourth-order valence-corrected chi connectivity index (χ4v) is 2.91. The van der Waals surface area contributed by atoms with Gasteiger partial charge in [-0.25, -0.2) is 4.79 Å². The fraction of sp³-hybridized carbons (Fsp3) is 0.261. The molecule has 0 aliphatic carbocycles. The maximum absolute atomic E-state index is 13.2. The lowest BCUT2D eigenvalue weighted by molar-refractivity contribution is -0.126. The normalized spacial score (nSPS) is 11.7. The van der Waals surface area contributed by atoms with E-state index in [1.54, 1.807) is 24.3 Å². The second kappa shape index (κ2) is 9.14. The van der Waals surface area contributed by atoms with E-state index in [-0.39, 0.29) is 0 Å². The van der Waals surface area contributed by atoms with Crippen LogP contribution in [0.25, 0.3) is 0 Å². The number of methoxy groups -OCH3 is 1. The summed E-state index contributed by atoms with van der Waals surface area (Å²) < 4.78 is 4.70. The van der Waals surface area contributed by atoms with Gasteiger partial charge in [-0.1, -0.05) is 12.1 Å². The van der Waals surface area contributed by atoms with Crippen molar-refractivity contribution in [2.45, 2.75) is 32.4 Å². The molecule has 1 atom stereocenters. The minimum absolute atomic E-state index is 0.300. The van der Waals surface area contributed by atoms with Crippen LogP contribution in [0.15, 0.2) is 48.5 Å². The third kappa shape index (κ3) is 5.39. The molecule has 2 aromatic carbocycles. The molecule has 0 saturated carbocycles. The molecule has 7 heteroatoms. The molecule has 0 aromatic heterocycles. The first-order valence-corrected chi connectivity index (χ1v) is 9.23. The summed E-state index contributed by atoms with van der Waals surface area (Å²) in [4.78, 5) is 38.9. The summed E-state index contributed by atoms with van der Waals surface area (Å²) in [6.07, 6.45) is 5.41. The van der Waals surface area contributed by atoms with Crippen LogP contribution in [0.1, 0.15) is 42.7 Å². The summed E-state index contributed by atoms with van der Waals surface area (Å²) in [6, 6.07) is 11.7. The van der Waals surface area contributed by atoms with E-state index in [0.717, 1.165) is 0 Å². The Balaban J connectivity index is 2.62. The number of ether oxygens (including phenoxy) is 1. The number of terminal acetylenes is 1. The molecule has 0 bridgehead atoms. The van der Waals surface area contributed by atoms with Crippen molar-refractivity contribution in [1.82, 2.24) is 5.32 Å². The van der Waals surface area contributed by atoms with Crippen molar-refractivity contribution >= 4 is 29.2 Å². The van der Waals surface area contributed by atoms with Crippen LogP contribution in [0.2, 0.25) is 0 Å². The van der Waals surface area contributed by atoms with Crippen molar-refractivity contribution in [3.05, 3.63) is 59.7 Å². The number of rotatable bonds is 5. The van der Waals surface area contributed by atoms with Gasteiger partial charge in [0, 0.05) is 16.9 Å². The number of hydrogen-bond acceptors (Lipinski definition) is 5. The number of hydrogen-bond donors (Lipinski definition) is 2. The highest BCUT2D eigenvalue weighted by molar-refractivity contribution is 6.10. The quantitative estimate of drug-likeness (QED) is 0.451. The van der Waals surface area contributed by atoms with E-state index in [1.165, 1.54) is 36.3 Å². The number of nitrogens with two attached hydrogens (primary N) is 1. The van der Waals surface area contributed by atoms with Crippen molar-refractivity contribution in [3.63, 3.8) is 0 Å². The van der Waals surface area contributed by atoms with Crippen molar-refractivity contribution in [1.29, 1.82) is 0 Å². The number of anilines is 2. The van der Waals surface area contributed by atoms with E-state index >= 15 is 0 Å². The highest BCUT2D eigenvalue weighted by atomic mass is 16.5. The Labute approximate surface area is 176 Å². The summed E-state index contributed by atoms with van der Waals surface area (Å²) in [5.74, 6) is 0.426. The monoisotopic (exact) mass is 407 g/mol. The number of nitrogens with one attached hydrogen (secondary N) is 1. The predicted molar refractivity (Wildman–Crippen MR) is 116 cm³/mol. The van der Waals surface area contributed by atoms with Gasteiger partial charge in [0.2, 0.25) is 5.91 Å². The van der Waals surface area contributed by atoms with Crippen LogP contribution in [-0.4, -0.2) is 30.4 Å². The van der Waals surface area contributed by atoms with Gasteiger partial charge in [-0.2, -0.15) is 0 Å². The number of carbonyl (C=O) groups excluding carboxylic acids is 3. The zero-order chi connectivity index (χ0) is 22.5. The SMILES string of the molecule is C#CC(=O)N(c1ccc(C(=O)OC)cc1)C(C(=O)NC(C)(C)C)c1cccc(N)c1. The first kappa shape index (κ1) is 22.5. The molecule has 0 spiro atoms. The van der Waals surface area contributed by atoms with Crippen LogP contribution in [0.4, 0.5) is 11.4 Å². The summed E-state index contributed by atoms with van der Waals surface area (Å²) in [7, 11) is 1.27. The lowest BCUT2D eigenvalue weighted by Gasteiger charge is -2.32. The number of nitrogens with zero attached hydrogens (tertiary/aromatic N) is 1. The third-order valence-corrected chi connectivity index (χ3v) is 4.14. The van der Waals surface area contributed by atoms with Crippen molar-refractivity contribution in [2.24, 2.45) is 0 Å². The molecule has 0 aliphatic rings. The zero-order valence-corrected chi connectivity index (χ0v) is 17.4. The van der Waals surface area contributed by atoms with Gasteiger partial charge in [0.1, 0.15) is 6.04 Å². The Morgan fingerprint density at radius 2 is 1.77 bits per heavy atom. The van der Waals surface area contributed by atoms with Gasteiger partial charge in [0.15, 0.2) is 0 Å². The van der Waals surface area contributed by atoms with Gasteiger partial charge in [0.25, 0.3) is 0 Å². The summed E-state index contributed by atoms with van der Waals surface area (Å²) in [6.45, 7) is 5.50. The maximum Gasteiger partial charge on any atom is 0.337 e. The summed E-state index contributed by atoms with van der Waals surface area (Å²) in [5, 5.41) is 2.89. The van der Waals surface area contributed by atoms with E-state index in [9.17, 15) is 14.4 Å². The largest absolute Gasteiger partial charge is 0.465 e. The second-order valence-electron chi connectivity index (χ2n) is 7.67. The average molecular weight is 407 g/mol. The lowest BCUT2D eigenvalue weighted by Crippen LogP contribution is -2.49. The van der Waals surface area contributed by atoms with Gasteiger partial charge < -0.3 is 15.8 Å². The van der Waals surface area contributed by atoms with Crippen LogP contribution >= 0.6 is 0 Å². The van der Waals surface area contributed by atoms with Gasteiger partial charge >= 0.3 is 11.9 Å². The first-order chi connectivity index (χ1) is 14.1. The van der Waals surface area contributed by atoms with Gasteiger partial charge in [-0.05, 0) is 68.7 Å². The Morgan fingerprint density at radius 3 is 2.27 bits per heavy atom. The molecule has 30 heavy (non-hydrogen) atoms. The Bertz CT molecular complexity index is 985. The minimum atomic E-state index is -1.07. The van der Waals surface area contributed by atoms with Gasteiger partial charge in [-0.15, -0.1) is 6.42 Å². The molecule has 156 valence electrons. The fourth-order valence-electron chi connectivity index (χ4n) is 2.91. The zero-order valence-electron chi connectivity index (χ0n) is 17.4. The van der Waals surface area contributed by atoms with E-state index < -0.39 is 29.4 Å². The van der Waals surface area contributed by atoms with E-state index in [2.05, 4.69) is 11.2 Å². The molecule has 7 nitrogen and oxygen atoms in total. The minimum Gasteiger partial charge on any atom is -0.465 e. The number of benzene rings is 2. The molecule has 0 radical (unpaired) electrons. The number of carbonyl (C=O) groups is 3. The van der Waals surface area contributed by atoms with Gasteiger partial charge in [0.05, 0.1) is 12.7 Å². The molecule has 2 amide bonds. The molecular formula is C23H25N3O4. The molecular weight excluding hydrogens is 382 g/mol. The molecule has 3 N–H and O–H groups in total. The molecule has 2 rings (SSSR count). The second-order valence-corrected chi connectivity index (χ2v) is 7.67. The topological polar surface area (TPSA) is 102 Å². The van der Waals surface area contributed by atoms with Crippen molar-refractivity contribution < 1.29 is 19.1 Å². The van der Waals surface area contributed by atoms with E-state index in [0.29, 0.717) is 22.5 Å². The van der Waals surface area contributed by atoms with E-state index in [4.69, 9.17) is 16.9 Å². The molecule has 2 aromatic rings. The van der Waals surface area contributed by atoms with Crippen LogP contribution < -0.4 is 16.0 Å². The van der Waals surface area contributed by atoms with Gasteiger partial charge in [-0.3, -0.25) is 14.5 Å². The molecule has 0 heterocycles. The third-order valence-electron chi connectivity index (χ3n) is 4.14. The van der Waals surface area contributed by atoms with Crippen LogP contribution in [0.5, 0.6) is 0 Å². The first-order valence-electron chi connectivity index (χ1n) is 9.23. The highest BCUT2D eigenvalue weighted by Gasteiger charge is 2.34. The van der Waals surface area contributed by atoms with E-state index in [1.807, 2.05) is 20.8 Å². The van der Waals surface area contributed by atoms with Crippen molar-refractivity contribution in [3.8, 4) is 12.3 Å². The maximum atomic E-state index is 13.2. The number of esters is 1. The smallest absolute Gasteiger partial charge is 0.337 e. The average Bonchev–Trinajstić information content (AvgIpc) is 2.69. The Kier molecular flexibility index (Phi) is 6.85. The Morgan fingerprint density at radius 1 is 1.13 bits per heavy atom. The Hall–Kier alpha value is -3.79. The number of amides is 2. The predicted octanol–water partition coefficient (Wildman–Crippen LogP) is 2.68. The highest BCUT2D eigenvalue weighted by Crippen LogP contribution is 2.30.